The van der Waals surface area contributed by atoms with Crippen LogP contribution in [0.4, 0.5) is 5.69 Å². The van der Waals surface area contributed by atoms with E-state index in [-0.39, 0.29) is 23.1 Å². The third kappa shape index (κ3) is 4.13. The van der Waals surface area contributed by atoms with E-state index < -0.39 is 10.8 Å². The molecule has 7 nitrogen and oxygen atoms in total. The van der Waals surface area contributed by atoms with Crippen LogP contribution in [0.15, 0.2) is 36.4 Å². The Hall–Kier alpha value is -2.70. The van der Waals surface area contributed by atoms with Crippen LogP contribution in [0.3, 0.4) is 0 Å². The fourth-order valence-corrected chi connectivity index (χ4v) is 2.09. The molecule has 21 heavy (non-hydrogen) atoms. The van der Waals surface area contributed by atoms with E-state index in [2.05, 4.69) is 10.9 Å². The smallest absolute Gasteiger partial charge is 0.269 e. The number of amides is 2. The minimum Gasteiger partial charge on any atom is -0.273 e. The van der Waals surface area contributed by atoms with Gasteiger partial charge in [-0.15, -0.1) is 0 Å². The minimum atomic E-state index is -0.543. The number of hydrogen-bond acceptors (Lipinski definition) is 4. The molecule has 110 valence electrons. The zero-order valence-electron chi connectivity index (χ0n) is 11.2. The molecule has 0 bridgehead atoms. The summed E-state index contributed by atoms with van der Waals surface area (Å²) in [6.07, 6.45) is 6.29. The predicted molar refractivity (Wildman–Crippen MR) is 75.2 cm³/mol. The van der Waals surface area contributed by atoms with E-state index in [4.69, 9.17) is 0 Å². The van der Waals surface area contributed by atoms with Crippen molar-refractivity contribution in [3.8, 4) is 0 Å². The van der Waals surface area contributed by atoms with Crippen molar-refractivity contribution in [1.82, 2.24) is 10.9 Å². The summed E-state index contributed by atoms with van der Waals surface area (Å²) in [5.74, 6) is -0.552. The van der Waals surface area contributed by atoms with Gasteiger partial charge in [-0.1, -0.05) is 12.2 Å². The number of benzene rings is 1. The summed E-state index contributed by atoms with van der Waals surface area (Å²) in [6, 6.07) is 5.14. The third-order valence-electron chi connectivity index (χ3n) is 3.22. The van der Waals surface area contributed by atoms with Crippen molar-refractivity contribution in [2.45, 2.75) is 19.3 Å². The molecule has 7 heteroatoms. The van der Waals surface area contributed by atoms with E-state index in [9.17, 15) is 19.7 Å². The molecule has 1 aliphatic rings. The maximum absolute atomic E-state index is 11.8. The van der Waals surface area contributed by atoms with E-state index >= 15 is 0 Å². The second kappa shape index (κ2) is 6.65. The Morgan fingerprint density at radius 3 is 2.52 bits per heavy atom. The number of rotatable bonds is 4. The Kier molecular flexibility index (Phi) is 4.65. The molecule has 1 atom stereocenters. The van der Waals surface area contributed by atoms with Gasteiger partial charge >= 0.3 is 0 Å². The van der Waals surface area contributed by atoms with E-state index in [1.165, 1.54) is 24.3 Å². The molecule has 0 aliphatic heterocycles. The lowest BCUT2D eigenvalue weighted by Gasteiger charge is -2.09. The first-order chi connectivity index (χ1) is 10.1. The van der Waals surface area contributed by atoms with Crippen molar-refractivity contribution < 1.29 is 14.5 Å². The highest BCUT2D eigenvalue weighted by Crippen LogP contribution is 2.19. The first-order valence-corrected chi connectivity index (χ1v) is 6.56. The van der Waals surface area contributed by atoms with Crippen LogP contribution in [0, 0.1) is 16.0 Å². The first kappa shape index (κ1) is 14.7. The Balaban J connectivity index is 1.82. The Bertz CT molecular complexity index is 580. The molecule has 2 amide bonds. The number of carbonyl (C=O) groups excluding carboxylic acids is 2. The predicted octanol–water partition coefficient (Wildman–Crippen LogP) is 1.71. The van der Waals surface area contributed by atoms with Crippen LogP contribution in [-0.2, 0) is 4.79 Å². The fraction of sp³-hybridized carbons (Fsp3) is 0.286. The second-order valence-corrected chi connectivity index (χ2v) is 4.78. The molecule has 0 aromatic heterocycles. The highest BCUT2D eigenvalue weighted by atomic mass is 16.6. The van der Waals surface area contributed by atoms with Gasteiger partial charge in [-0.2, -0.15) is 0 Å². The van der Waals surface area contributed by atoms with Crippen LogP contribution < -0.4 is 10.9 Å². The van der Waals surface area contributed by atoms with Gasteiger partial charge in [0.2, 0.25) is 5.91 Å². The summed E-state index contributed by atoms with van der Waals surface area (Å²) >= 11 is 0. The molecule has 1 aliphatic carbocycles. The Morgan fingerprint density at radius 2 is 1.95 bits per heavy atom. The summed E-state index contributed by atoms with van der Waals surface area (Å²) in [5, 5.41) is 10.5. The van der Waals surface area contributed by atoms with Crippen molar-refractivity contribution >= 4 is 17.5 Å². The van der Waals surface area contributed by atoms with E-state index in [1.807, 2.05) is 12.2 Å². The van der Waals surface area contributed by atoms with Gasteiger partial charge in [0.15, 0.2) is 0 Å². The van der Waals surface area contributed by atoms with Crippen LogP contribution in [0.5, 0.6) is 0 Å². The van der Waals surface area contributed by atoms with Crippen LogP contribution in [0.25, 0.3) is 0 Å². The highest BCUT2D eigenvalue weighted by Gasteiger charge is 2.15. The fourth-order valence-electron chi connectivity index (χ4n) is 2.09. The summed E-state index contributed by atoms with van der Waals surface area (Å²) in [7, 11) is 0. The zero-order chi connectivity index (χ0) is 15.2. The van der Waals surface area contributed by atoms with E-state index in [1.54, 1.807) is 0 Å². The van der Waals surface area contributed by atoms with Gasteiger partial charge in [-0.25, -0.2) is 0 Å². The topological polar surface area (TPSA) is 101 Å². The van der Waals surface area contributed by atoms with E-state index in [0.717, 1.165) is 12.8 Å². The van der Waals surface area contributed by atoms with Crippen molar-refractivity contribution in [3.63, 3.8) is 0 Å². The number of carbonyl (C=O) groups is 2. The maximum Gasteiger partial charge on any atom is 0.269 e. The molecule has 0 saturated heterocycles. The number of nitrogens with zero attached hydrogens (tertiary/aromatic N) is 1. The molecule has 0 heterocycles. The van der Waals surface area contributed by atoms with Crippen molar-refractivity contribution in [2.75, 3.05) is 0 Å². The van der Waals surface area contributed by atoms with E-state index in [0.29, 0.717) is 6.42 Å². The lowest BCUT2D eigenvalue weighted by Crippen LogP contribution is -2.42. The molecule has 0 fully saturated rings. The molecule has 0 spiro atoms. The van der Waals surface area contributed by atoms with Gasteiger partial charge in [-0.3, -0.25) is 30.6 Å². The van der Waals surface area contributed by atoms with Gasteiger partial charge in [0, 0.05) is 24.1 Å². The number of nitro benzene ring substituents is 1. The first-order valence-electron chi connectivity index (χ1n) is 6.56. The zero-order valence-corrected chi connectivity index (χ0v) is 11.2. The van der Waals surface area contributed by atoms with Gasteiger partial charge in [0.25, 0.3) is 11.6 Å². The average molecular weight is 289 g/mol. The van der Waals surface area contributed by atoms with Crippen molar-refractivity contribution in [2.24, 2.45) is 5.92 Å². The molecule has 0 saturated carbocycles. The standard InChI is InChI=1S/C14H15N3O4/c18-13(9-10-3-1-2-4-10)15-16-14(19)11-5-7-12(8-6-11)17(20)21/h1,3,5-8,10H,2,4,9H2,(H,15,18)(H,16,19). The van der Waals surface area contributed by atoms with Gasteiger partial charge in [-0.05, 0) is 30.9 Å². The van der Waals surface area contributed by atoms with Crippen LogP contribution >= 0.6 is 0 Å². The summed E-state index contributed by atoms with van der Waals surface area (Å²) in [4.78, 5) is 33.3. The van der Waals surface area contributed by atoms with Crippen LogP contribution in [0.1, 0.15) is 29.6 Å². The second-order valence-electron chi connectivity index (χ2n) is 4.78. The summed E-state index contributed by atoms with van der Waals surface area (Å²) in [6.45, 7) is 0. The summed E-state index contributed by atoms with van der Waals surface area (Å²) < 4.78 is 0. The number of non-ortho nitro benzene ring substituents is 1. The number of hydrazine groups is 1. The summed E-state index contributed by atoms with van der Waals surface area (Å²) in [5.41, 5.74) is 4.77. The van der Waals surface area contributed by atoms with Crippen molar-refractivity contribution in [3.05, 3.63) is 52.1 Å². The number of nitrogens with one attached hydrogen (secondary N) is 2. The van der Waals surface area contributed by atoms with Gasteiger partial charge in [0.05, 0.1) is 4.92 Å². The Morgan fingerprint density at radius 1 is 1.24 bits per heavy atom. The van der Waals surface area contributed by atoms with Gasteiger partial charge < -0.3 is 0 Å². The molecular formula is C14H15N3O4. The number of nitro groups is 1. The molecular weight excluding hydrogens is 274 g/mol. The SMILES string of the molecule is O=C(CC1C=CCC1)NNC(=O)c1ccc([N+](=O)[O-])cc1. The van der Waals surface area contributed by atoms with Crippen LogP contribution in [0.2, 0.25) is 0 Å². The molecule has 2 rings (SSSR count). The molecule has 0 radical (unpaired) electrons. The third-order valence-corrected chi connectivity index (χ3v) is 3.22. The lowest BCUT2D eigenvalue weighted by molar-refractivity contribution is -0.384. The monoisotopic (exact) mass is 289 g/mol. The quantitative estimate of drug-likeness (QED) is 0.500. The van der Waals surface area contributed by atoms with Gasteiger partial charge in [0.1, 0.15) is 0 Å². The molecule has 1 aromatic rings. The highest BCUT2D eigenvalue weighted by molar-refractivity contribution is 5.95. The lowest BCUT2D eigenvalue weighted by atomic mass is 10.1. The number of hydrogen-bond donors (Lipinski definition) is 2. The maximum atomic E-state index is 11.8. The minimum absolute atomic E-state index is 0.0939. The largest absolute Gasteiger partial charge is 0.273 e. The Labute approximate surface area is 121 Å². The molecule has 2 N–H and O–H groups in total. The molecule has 1 aromatic carbocycles. The molecule has 1 unspecified atom stereocenters. The van der Waals surface area contributed by atoms with Crippen molar-refractivity contribution in [1.29, 1.82) is 0 Å². The number of allylic oxidation sites excluding steroid dienone is 2. The van der Waals surface area contributed by atoms with Crippen LogP contribution in [-0.4, -0.2) is 16.7 Å². The average Bonchev–Trinajstić information content (AvgIpc) is 2.97. The normalized spacial score (nSPS) is 16.5.